The lowest BCUT2D eigenvalue weighted by atomic mass is 10.2. The summed E-state index contributed by atoms with van der Waals surface area (Å²) < 4.78 is 5.56. The predicted octanol–water partition coefficient (Wildman–Crippen LogP) is 1.50. The summed E-state index contributed by atoms with van der Waals surface area (Å²) in [7, 11) is 0. The maximum absolute atomic E-state index is 12.1. The van der Waals surface area contributed by atoms with Gasteiger partial charge in [-0.2, -0.15) is 0 Å². The number of piperazine rings is 1. The molecule has 1 saturated heterocycles. The molecule has 0 aliphatic carbocycles. The van der Waals surface area contributed by atoms with Crippen LogP contribution in [0.4, 0.5) is 0 Å². The van der Waals surface area contributed by atoms with Gasteiger partial charge >= 0.3 is 0 Å². The first-order chi connectivity index (χ1) is 10.8. The fourth-order valence-electron chi connectivity index (χ4n) is 2.49. The van der Waals surface area contributed by atoms with Crippen molar-refractivity contribution in [2.24, 2.45) is 0 Å². The summed E-state index contributed by atoms with van der Waals surface area (Å²) in [6.07, 6.45) is 1.94. The summed E-state index contributed by atoms with van der Waals surface area (Å²) in [5, 5.41) is 6.33. The van der Waals surface area contributed by atoms with Crippen molar-refractivity contribution >= 4 is 5.91 Å². The lowest BCUT2D eigenvalue weighted by molar-refractivity contribution is 0.0951. The fourth-order valence-corrected chi connectivity index (χ4v) is 2.49. The van der Waals surface area contributed by atoms with E-state index in [0.29, 0.717) is 18.7 Å². The smallest absolute Gasteiger partial charge is 0.251 e. The molecular formula is C17H27N3O2. The Hall–Kier alpha value is -1.59. The van der Waals surface area contributed by atoms with Crippen LogP contribution in [-0.4, -0.2) is 56.7 Å². The second-order valence-corrected chi connectivity index (χ2v) is 5.58. The molecule has 1 aliphatic heterocycles. The monoisotopic (exact) mass is 305 g/mol. The molecule has 1 aromatic carbocycles. The second-order valence-electron chi connectivity index (χ2n) is 5.58. The molecule has 0 aromatic heterocycles. The fraction of sp³-hybridized carbons (Fsp3) is 0.588. The van der Waals surface area contributed by atoms with Gasteiger partial charge in [-0.15, -0.1) is 0 Å². The Balaban J connectivity index is 1.70. The first-order valence-corrected chi connectivity index (χ1v) is 8.23. The van der Waals surface area contributed by atoms with Crippen LogP contribution in [0.2, 0.25) is 0 Å². The normalized spacial score (nSPS) is 15.5. The Labute approximate surface area is 133 Å². The molecule has 0 bridgehead atoms. The molecule has 0 radical (unpaired) electrons. The van der Waals surface area contributed by atoms with Crippen molar-refractivity contribution in [3.05, 3.63) is 29.8 Å². The van der Waals surface area contributed by atoms with Crippen LogP contribution in [0.3, 0.4) is 0 Å². The topological polar surface area (TPSA) is 53.6 Å². The first kappa shape index (κ1) is 16.8. The van der Waals surface area contributed by atoms with Gasteiger partial charge in [0.2, 0.25) is 0 Å². The van der Waals surface area contributed by atoms with Crippen LogP contribution < -0.4 is 15.4 Å². The molecule has 0 saturated carbocycles. The van der Waals surface area contributed by atoms with Gasteiger partial charge in [0.05, 0.1) is 6.61 Å². The predicted molar refractivity (Wildman–Crippen MR) is 88.5 cm³/mol. The number of nitrogens with zero attached hydrogens (tertiary/aromatic N) is 1. The van der Waals surface area contributed by atoms with Crippen LogP contribution >= 0.6 is 0 Å². The molecule has 1 aliphatic rings. The van der Waals surface area contributed by atoms with Crippen LogP contribution in [0, 0.1) is 0 Å². The second kappa shape index (κ2) is 9.43. The Morgan fingerprint density at radius 1 is 1.36 bits per heavy atom. The third-order valence-electron chi connectivity index (χ3n) is 3.72. The molecule has 0 unspecified atom stereocenters. The van der Waals surface area contributed by atoms with Crippen molar-refractivity contribution in [1.82, 2.24) is 15.5 Å². The average Bonchev–Trinajstić information content (AvgIpc) is 2.58. The van der Waals surface area contributed by atoms with Crippen molar-refractivity contribution in [3.63, 3.8) is 0 Å². The minimum atomic E-state index is -0.0257. The van der Waals surface area contributed by atoms with Crippen LogP contribution in [0.25, 0.3) is 0 Å². The summed E-state index contributed by atoms with van der Waals surface area (Å²) in [6.45, 7) is 8.83. The van der Waals surface area contributed by atoms with Gasteiger partial charge in [0.25, 0.3) is 5.91 Å². The number of benzene rings is 1. The van der Waals surface area contributed by atoms with E-state index in [-0.39, 0.29) is 5.91 Å². The number of rotatable bonds is 8. The van der Waals surface area contributed by atoms with E-state index in [1.54, 1.807) is 6.07 Å². The molecular weight excluding hydrogens is 278 g/mol. The number of nitrogens with one attached hydrogen (secondary N) is 2. The molecule has 1 fully saturated rings. The van der Waals surface area contributed by atoms with E-state index in [0.717, 1.165) is 51.3 Å². The highest BCUT2D eigenvalue weighted by atomic mass is 16.5. The van der Waals surface area contributed by atoms with Crippen molar-refractivity contribution in [2.75, 3.05) is 45.9 Å². The summed E-state index contributed by atoms with van der Waals surface area (Å²) >= 11 is 0. The van der Waals surface area contributed by atoms with E-state index >= 15 is 0 Å². The van der Waals surface area contributed by atoms with Crippen LogP contribution in [0.15, 0.2) is 24.3 Å². The van der Waals surface area contributed by atoms with Gasteiger partial charge in [0.15, 0.2) is 0 Å². The van der Waals surface area contributed by atoms with Gasteiger partial charge in [-0.3, -0.25) is 4.79 Å². The highest BCUT2D eigenvalue weighted by Crippen LogP contribution is 2.13. The van der Waals surface area contributed by atoms with Crippen molar-refractivity contribution < 1.29 is 9.53 Å². The van der Waals surface area contributed by atoms with E-state index in [4.69, 9.17) is 4.74 Å². The number of carbonyl (C=O) groups excluding carboxylic acids is 1. The number of ether oxygens (including phenoxy) is 1. The van der Waals surface area contributed by atoms with Crippen molar-refractivity contribution in [2.45, 2.75) is 19.8 Å². The highest BCUT2D eigenvalue weighted by Gasteiger charge is 2.09. The summed E-state index contributed by atoms with van der Waals surface area (Å²) in [4.78, 5) is 14.6. The van der Waals surface area contributed by atoms with Crippen LogP contribution in [0.1, 0.15) is 30.1 Å². The summed E-state index contributed by atoms with van der Waals surface area (Å²) in [5.41, 5.74) is 0.663. The van der Waals surface area contributed by atoms with Crippen molar-refractivity contribution in [3.8, 4) is 5.75 Å². The van der Waals surface area contributed by atoms with Gasteiger partial charge in [0.1, 0.15) is 5.75 Å². The molecule has 1 amide bonds. The third-order valence-corrected chi connectivity index (χ3v) is 3.72. The molecule has 0 spiro atoms. The molecule has 2 rings (SSSR count). The van der Waals surface area contributed by atoms with Crippen LogP contribution in [-0.2, 0) is 0 Å². The summed E-state index contributed by atoms with van der Waals surface area (Å²) in [5.74, 6) is 0.734. The minimum Gasteiger partial charge on any atom is -0.494 e. The Bertz CT molecular complexity index is 459. The van der Waals surface area contributed by atoms with Gasteiger partial charge in [-0.25, -0.2) is 0 Å². The SMILES string of the molecule is CCCOc1cccc(C(=O)NCCCN2CCNCC2)c1. The third kappa shape index (κ3) is 5.66. The van der Waals surface area contributed by atoms with Gasteiger partial charge in [-0.1, -0.05) is 13.0 Å². The summed E-state index contributed by atoms with van der Waals surface area (Å²) in [6, 6.07) is 7.38. The minimum absolute atomic E-state index is 0.0257. The van der Waals surface area contributed by atoms with Gasteiger partial charge < -0.3 is 20.3 Å². The average molecular weight is 305 g/mol. The van der Waals surface area contributed by atoms with E-state index in [1.807, 2.05) is 18.2 Å². The number of hydrogen-bond acceptors (Lipinski definition) is 4. The Kier molecular flexibility index (Phi) is 7.19. The molecule has 1 heterocycles. The zero-order valence-electron chi connectivity index (χ0n) is 13.4. The highest BCUT2D eigenvalue weighted by molar-refractivity contribution is 5.94. The molecule has 5 nitrogen and oxygen atoms in total. The lowest BCUT2D eigenvalue weighted by Gasteiger charge is -2.27. The zero-order valence-corrected chi connectivity index (χ0v) is 13.4. The largest absolute Gasteiger partial charge is 0.494 e. The number of amides is 1. The Morgan fingerprint density at radius 3 is 2.95 bits per heavy atom. The molecule has 0 atom stereocenters. The lowest BCUT2D eigenvalue weighted by Crippen LogP contribution is -2.44. The maximum atomic E-state index is 12.1. The van der Waals surface area contributed by atoms with E-state index < -0.39 is 0 Å². The van der Waals surface area contributed by atoms with E-state index in [9.17, 15) is 4.79 Å². The number of carbonyl (C=O) groups is 1. The maximum Gasteiger partial charge on any atom is 0.251 e. The standard InChI is InChI=1S/C17H27N3O2/c1-2-13-22-16-6-3-5-15(14-16)17(21)19-7-4-10-20-11-8-18-9-12-20/h3,5-6,14,18H,2,4,7-13H2,1H3,(H,19,21). The quantitative estimate of drug-likeness (QED) is 0.715. The molecule has 2 N–H and O–H groups in total. The molecule has 5 heteroatoms. The molecule has 22 heavy (non-hydrogen) atoms. The Morgan fingerprint density at radius 2 is 2.18 bits per heavy atom. The zero-order chi connectivity index (χ0) is 15.6. The van der Waals surface area contributed by atoms with Gasteiger partial charge in [0, 0.05) is 38.3 Å². The molecule has 122 valence electrons. The van der Waals surface area contributed by atoms with E-state index in [2.05, 4.69) is 22.5 Å². The molecule has 1 aromatic rings. The first-order valence-electron chi connectivity index (χ1n) is 8.23. The van der Waals surface area contributed by atoms with Gasteiger partial charge in [-0.05, 0) is 37.6 Å². The van der Waals surface area contributed by atoms with E-state index in [1.165, 1.54) is 0 Å². The number of hydrogen-bond donors (Lipinski definition) is 2. The van der Waals surface area contributed by atoms with Crippen LogP contribution in [0.5, 0.6) is 5.75 Å². The van der Waals surface area contributed by atoms with Crippen molar-refractivity contribution in [1.29, 1.82) is 0 Å².